The van der Waals surface area contributed by atoms with E-state index in [1.807, 2.05) is 0 Å². The fourth-order valence-corrected chi connectivity index (χ4v) is 3.04. The summed E-state index contributed by atoms with van der Waals surface area (Å²) in [5.74, 6) is 1.42. The molecule has 0 amide bonds. The first-order valence-corrected chi connectivity index (χ1v) is 7.45. The van der Waals surface area contributed by atoms with Crippen LogP contribution < -0.4 is 0 Å². The first-order valence-electron chi connectivity index (χ1n) is 6.92. The molecule has 0 radical (unpaired) electrons. The molecule has 102 valence electrons. The molecule has 0 N–H and O–H groups in total. The molecule has 1 fully saturated rings. The van der Waals surface area contributed by atoms with Gasteiger partial charge in [0.1, 0.15) is 5.82 Å². The van der Waals surface area contributed by atoms with E-state index in [2.05, 4.69) is 34.7 Å². The minimum atomic E-state index is 0.408. The number of fused-ring (bicyclic) bond motifs is 1. The Kier molecular flexibility index (Phi) is 3.76. The van der Waals surface area contributed by atoms with Crippen molar-refractivity contribution < 1.29 is 4.74 Å². The largest absolute Gasteiger partial charge is 0.378 e. The van der Waals surface area contributed by atoms with E-state index in [0.29, 0.717) is 12.0 Å². The first-order chi connectivity index (χ1) is 9.29. The van der Waals surface area contributed by atoms with Gasteiger partial charge in [0.25, 0.3) is 0 Å². The Bertz CT molecular complexity index is 573. The Hall–Kier alpha value is -1.06. The summed E-state index contributed by atoms with van der Waals surface area (Å²) in [4.78, 5) is 4.67. The molecule has 1 aliphatic rings. The van der Waals surface area contributed by atoms with Crippen LogP contribution in [0.25, 0.3) is 11.0 Å². The van der Waals surface area contributed by atoms with Crippen molar-refractivity contribution in [2.45, 2.75) is 44.7 Å². The van der Waals surface area contributed by atoms with Crippen molar-refractivity contribution >= 4 is 22.6 Å². The van der Waals surface area contributed by atoms with Gasteiger partial charge in [0.15, 0.2) is 0 Å². The molecule has 0 bridgehead atoms. The summed E-state index contributed by atoms with van der Waals surface area (Å²) in [6.07, 6.45) is 3.83. The highest BCUT2D eigenvalue weighted by molar-refractivity contribution is 6.16. The summed E-state index contributed by atoms with van der Waals surface area (Å²) in [7, 11) is 0. The molecule has 1 aromatic carbocycles. The van der Waals surface area contributed by atoms with Gasteiger partial charge in [0.05, 0.1) is 23.0 Å². The van der Waals surface area contributed by atoms with Crippen LogP contribution in [0.5, 0.6) is 0 Å². The Morgan fingerprint density at radius 1 is 1.47 bits per heavy atom. The quantitative estimate of drug-likeness (QED) is 0.798. The van der Waals surface area contributed by atoms with Crippen LogP contribution in [0, 0.1) is 6.92 Å². The topological polar surface area (TPSA) is 27.1 Å². The van der Waals surface area contributed by atoms with Gasteiger partial charge in [0, 0.05) is 13.2 Å². The summed E-state index contributed by atoms with van der Waals surface area (Å²) < 4.78 is 7.94. The fourth-order valence-electron chi connectivity index (χ4n) is 2.83. The third kappa shape index (κ3) is 2.49. The number of alkyl halides is 1. The zero-order valence-corrected chi connectivity index (χ0v) is 12.0. The number of ether oxygens (including phenoxy) is 1. The normalized spacial score (nSPS) is 19.4. The SMILES string of the molecule is Cc1cccc2c1nc(CCl)n2CCC1CCCO1. The van der Waals surface area contributed by atoms with Crippen molar-refractivity contribution in [1.82, 2.24) is 9.55 Å². The highest BCUT2D eigenvalue weighted by Gasteiger charge is 2.17. The first kappa shape index (κ1) is 12.9. The molecule has 1 aliphatic heterocycles. The minimum absolute atomic E-state index is 0.408. The van der Waals surface area contributed by atoms with Crippen molar-refractivity contribution in [2.75, 3.05) is 6.61 Å². The Labute approximate surface area is 118 Å². The van der Waals surface area contributed by atoms with Crippen LogP contribution in [0.2, 0.25) is 0 Å². The van der Waals surface area contributed by atoms with E-state index in [0.717, 1.165) is 30.9 Å². The van der Waals surface area contributed by atoms with E-state index in [-0.39, 0.29) is 0 Å². The fraction of sp³-hybridized carbons (Fsp3) is 0.533. The van der Waals surface area contributed by atoms with Gasteiger partial charge in [-0.05, 0) is 37.8 Å². The second kappa shape index (κ2) is 5.51. The van der Waals surface area contributed by atoms with Gasteiger partial charge in [-0.2, -0.15) is 0 Å². The van der Waals surface area contributed by atoms with Gasteiger partial charge in [-0.3, -0.25) is 0 Å². The maximum atomic E-state index is 6.04. The lowest BCUT2D eigenvalue weighted by Crippen LogP contribution is -2.11. The number of para-hydroxylation sites is 1. The van der Waals surface area contributed by atoms with Crippen molar-refractivity contribution in [3.05, 3.63) is 29.6 Å². The van der Waals surface area contributed by atoms with Crippen LogP contribution in [0.4, 0.5) is 0 Å². The summed E-state index contributed by atoms with van der Waals surface area (Å²) in [5.41, 5.74) is 3.47. The maximum absolute atomic E-state index is 6.04. The van der Waals surface area contributed by atoms with Crippen molar-refractivity contribution in [2.24, 2.45) is 0 Å². The lowest BCUT2D eigenvalue weighted by atomic mass is 10.2. The summed E-state index contributed by atoms with van der Waals surface area (Å²) in [5, 5.41) is 0. The maximum Gasteiger partial charge on any atom is 0.124 e. The third-order valence-electron chi connectivity index (χ3n) is 3.88. The number of benzene rings is 1. The molecular weight excluding hydrogens is 260 g/mol. The Morgan fingerprint density at radius 2 is 2.37 bits per heavy atom. The molecule has 1 aromatic heterocycles. The minimum Gasteiger partial charge on any atom is -0.378 e. The van der Waals surface area contributed by atoms with Crippen molar-refractivity contribution in [3.63, 3.8) is 0 Å². The highest BCUT2D eigenvalue weighted by atomic mass is 35.5. The number of rotatable bonds is 4. The van der Waals surface area contributed by atoms with Crippen LogP contribution in [-0.4, -0.2) is 22.3 Å². The molecule has 0 saturated carbocycles. The molecule has 2 aromatic rings. The van der Waals surface area contributed by atoms with Crippen LogP contribution in [0.3, 0.4) is 0 Å². The van der Waals surface area contributed by atoms with Crippen LogP contribution in [-0.2, 0) is 17.2 Å². The van der Waals surface area contributed by atoms with Gasteiger partial charge in [-0.25, -0.2) is 4.98 Å². The predicted molar refractivity (Wildman–Crippen MR) is 77.6 cm³/mol. The highest BCUT2D eigenvalue weighted by Crippen LogP contribution is 2.23. The van der Waals surface area contributed by atoms with Gasteiger partial charge in [-0.1, -0.05) is 12.1 Å². The third-order valence-corrected chi connectivity index (χ3v) is 4.12. The summed E-state index contributed by atoms with van der Waals surface area (Å²) >= 11 is 6.04. The number of imidazole rings is 1. The zero-order chi connectivity index (χ0) is 13.2. The van der Waals surface area contributed by atoms with Crippen molar-refractivity contribution in [3.8, 4) is 0 Å². The molecule has 0 aliphatic carbocycles. The van der Waals surface area contributed by atoms with Gasteiger partial charge in [0.2, 0.25) is 0 Å². The van der Waals surface area contributed by atoms with E-state index in [1.54, 1.807) is 0 Å². The molecular formula is C15H19ClN2O. The van der Waals surface area contributed by atoms with E-state index in [1.165, 1.54) is 23.9 Å². The van der Waals surface area contributed by atoms with Crippen LogP contribution in [0.15, 0.2) is 18.2 Å². The second-order valence-corrected chi connectivity index (χ2v) is 5.45. The average Bonchev–Trinajstić information content (AvgIpc) is 3.03. The molecule has 1 saturated heterocycles. The van der Waals surface area contributed by atoms with Crippen LogP contribution >= 0.6 is 11.6 Å². The number of halogens is 1. The van der Waals surface area contributed by atoms with Crippen molar-refractivity contribution in [1.29, 1.82) is 0 Å². The number of aromatic nitrogens is 2. The molecule has 4 heteroatoms. The summed E-state index contributed by atoms with van der Waals surface area (Å²) in [6, 6.07) is 6.30. The van der Waals surface area contributed by atoms with E-state index < -0.39 is 0 Å². The molecule has 1 unspecified atom stereocenters. The number of nitrogens with zero attached hydrogens (tertiary/aromatic N) is 2. The Balaban J connectivity index is 1.89. The number of hydrogen-bond donors (Lipinski definition) is 0. The number of hydrogen-bond acceptors (Lipinski definition) is 2. The lowest BCUT2D eigenvalue weighted by Gasteiger charge is -2.12. The standard InChI is InChI=1S/C15H19ClN2O/c1-11-4-2-6-13-15(11)17-14(10-16)18(13)8-7-12-5-3-9-19-12/h2,4,6,12H,3,5,7-10H2,1H3. The predicted octanol–water partition coefficient (Wildman–Crippen LogP) is 3.65. The smallest absolute Gasteiger partial charge is 0.124 e. The second-order valence-electron chi connectivity index (χ2n) is 5.18. The van der Waals surface area contributed by atoms with E-state index in [4.69, 9.17) is 16.3 Å². The lowest BCUT2D eigenvalue weighted by molar-refractivity contribution is 0.100. The molecule has 3 nitrogen and oxygen atoms in total. The number of aryl methyl sites for hydroxylation is 2. The molecule has 1 atom stereocenters. The monoisotopic (exact) mass is 278 g/mol. The van der Waals surface area contributed by atoms with E-state index in [9.17, 15) is 0 Å². The molecule has 0 spiro atoms. The average molecular weight is 279 g/mol. The molecule has 19 heavy (non-hydrogen) atoms. The van der Waals surface area contributed by atoms with Gasteiger partial charge >= 0.3 is 0 Å². The Morgan fingerprint density at radius 3 is 3.11 bits per heavy atom. The van der Waals surface area contributed by atoms with E-state index >= 15 is 0 Å². The molecule has 2 heterocycles. The summed E-state index contributed by atoms with van der Waals surface area (Å²) in [6.45, 7) is 3.95. The zero-order valence-electron chi connectivity index (χ0n) is 11.2. The molecule has 3 rings (SSSR count). The van der Waals surface area contributed by atoms with Gasteiger partial charge in [-0.15, -0.1) is 11.6 Å². The van der Waals surface area contributed by atoms with Crippen LogP contribution in [0.1, 0.15) is 30.7 Å². The van der Waals surface area contributed by atoms with Gasteiger partial charge < -0.3 is 9.30 Å².